The average molecular weight is 421 g/mol. The summed E-state index contributed by atoms with van der Waals surface area (Å²) < 4.78 is 10.6. The molecule has 0 atom stereocenters. The maximum atomic E-state index is 12.7. The molecule has 1 N–H and O–H groups in total. The third kappa shape index (κ3) is 3.73. The standard InChI is InChI=1S/C22H19N3O4S/c26-20(25-8-7-14-3-1-2-4-16(14)11-25)10-17-12-30-22(23-17)24-21(27)15-5-6-18-19(9-15)29-13-28-18/h1-6,9,12H,7-8,10-11,13H2,(H,23,24,27). The normalized spacial score (nSPS) is 14.3. The van der Waals surface area contributed by atoms with Gasteiger partial charge in [-0.15, -0.1) is 11.3 Å². The number of thiazole rings is 1. The van der Waals surface area contributed by atoms with Crippen LogP contribution in [0.15, 0.2) is 47.8 Å². The number of fused-ring (bicyclic) bond motifs is 2. The van der Waals surface area contributed by atoms with Gasteiger partial charge in [-0.05, 0) is 35.7 Å². The number of carbonyl (C=O) groups excluding carboxylic acids is 2. The summed E-state index contributed by atoms with van der Waals surface area (Å²) in [6.07, 6.45) is 1.09. The molecule has 30 heavy (non-hydrogen) atoms. The molecule has 0 unspecified atom stereocenters. The van der Waals surface area contributed by atoms with Crippen LogP contribution < -0.4 is 14.8 Å². The molecule has 2 aliphatic heterocycles. The van der Waals surface area contributed by atoms with Crippen molar-refractivity contribution in [2.24, 2.45) is 0 Å². The molecule has 3 aromatic rings. The van der Waals surface area contributed by atoms with Crippen molar-refractivity contribution in [1.82, 2.24) is 9.88 Å². The number of nitrogens with one attached hydrogen (secondary N) is 1. The Labute approximate surface area is 177 Å². The number of nitrogens with zero attached hydrogens (tertiary/aromatic N) is 2. The van der Waals surface area contributed by atoms with E-state index in [1.54, 1.807) is 18.2 Å². The predicted molar refractivity (Wildman–Crippen MR) is 112 cm³/mol. The smallest absolute Gasteiger partial charge is 0.257 e. The van der Waals surface area contributed by atoms with Gasteiger partial charge < -0.3 is 14.4 Å². The van der Waals surface area contributed by atoms with Crippen molar-refractivity contribution >= 4 is 28.3 Å². The second kappa shape index (κ2) is 7.79. The molecule has 1 aromatic heterocycles. The molecule has 3 heterocycles. The summed E-state index contributed by atoms with van der Waals surface area (Å²) in [5.41, 5.74) is 3.62. The van der Waals surface area contributed by atoms with Crippen molar-refractivity contribution in [3.63, 3.8) is 0 Å². The molecule has 2 amide bonds. The number of carbonyl (C=O) groups is 2. The Balaban J connectivity index is 1.21. The summed E-state index contributed by atoms with van der Waals surface area (Å²) in [5.74, 6) is 0.940. The number of hydrogen-bond donors (Lipinski definition) is 1. The molecule has 2 aliphatic rings. The van der Waals surface area contributed by atoms with E-state index >= 15 is 0 Å². The van der Waals surface area contributed by atoms with Gasteiger partial charge in [-0.25, -0.2) is 4.98 Å². The lowest BCUT2D eigenvalue weighted by atomic mass is 10.00. The van der Waals surface area contributed by atoms with Crippen molar-refractivity contribution in [3.05, 3.63) is 70.2 Å². The van der Waals surface area contributed by atoms with E-state index in [-0.39, 0.29) is 25.0 Å². The van der Waals surface area contributed by atoms with Crippen LogP contribution in [-0.2, 0) is 24.2 Å². The van der Waals surface area contributed by atoms with E-state index in [0.29, 0.717) is 41.0 Å². The fourth-order valence-corrected chi connectivity index (χ4v) is 4.33. The largest absolute Gasteiger partial charge is 0.454 e. The Kier molecular flexibility index (Phi) is 4.84. The highest BCUT2D eigenvalue weighted by Gasteiger charge is 2.22. The topological polar surface area (TPSA) is 80.8 Å². The van der Waals surface area contributed by atoms with Gasteiger partial charge in [-0.3, -0.25) is 14.9 Å². The van der Waals surface area contributed by atoms with E-state index in [2.05, 4.69) is 22.4 Å². The van der Waals surface area contributed by atoms with Crippen molar-refractivity contribution in [2.45, 2.75) is 19.4 Å². The van der Waals surface area contributed by atoms with Gasteiger partial charge in [-0.2, -0.15) is 0 Å². The Morgan fingerprint density at radius 2 is 1.93 bits per heavy atom. The third-order valence-corrected chi connectivity index (χ3v) is 6.03. The molecule has 0 radical (unpaired) electrons. The minimum Gasteiger partial charge on any atom is -0.454 e. The third-order valence-electron chi connectivity index (χ3n) is 5.22. The monoisotopic (exact) mass is 421 g/mol. The van der Waals surface area contributed by atoms with Gasteiger partial charge in [0.2, 0.25) is 12.7 Å². The van der Waals surface area contributed by atoms with Crippen LogP contribution in [-0.4, -0.2) is 35.0 Å². The average Bonchev–Trinajstić information content (AvgIpc) is 3.42. The van der Waals surface area contributed by atoms with Crippen LogP contribution in [0.3, 0.4) is 0 Å². The first kappa shape index (κ1) is 18.6. The van der Waals surface area contributed by atoms with Gasteiger partial charge >= 0.3 is 0 Å². The first-order valence-corrected chi connectivity index (χ1v) is 10.5. The maximum absolute atomic E-state index is 12.7. The van der Waals surface area contributed by atoms with Gasteiger partial charge in [0, 0.05) is 24.0 Å². The van der Waals surface area contributed by atoms with Gasteiger partial charge in [0.25, 0.3) is 5.91 Å². The van der Waals surface area contributed by atoms with E-state index in [9.17, 15) is 9.59 Å². The highest BCUT2D eigenvalue weighted by atomic mass is 32.1. The summed E-state index contributed by atoms with van der Waals surface area (Å²) >= 11 is 1.31. The fourth-order valence-electron chi connectivity index (χ4n) is 3.63. The zero-order valence-electron chi connectivity index (χ0n) is 16.1. The number of anilines is 1. The number of hydrogen-bond acceptors (Lipinski definition) is 6. The lowest BCUT2D eigenvalue weighted by Crippen LogP contribution is -2.36. The molecule has 8 heteroatoms. The molecule has 0 aliphatic carbocycles. The zero-order valence-corrected chi connectivity index (χ0v) is 16.9. The Bertz CT molecular complexity index is 1130. The maximum Gasteiger partial charge on any atom is 0.257 e. The van der Waals surface area contributed by atoms with Gasteiger partial charge in [0.15, 0.2) is 16.6 Å². The molecule has 2 aromatic carbocycles. The molecule has 0 spiro atoms. The van der Waals surface area contributed by atoms with Gasteiger partial charge in [0.05, 0.1) is 12.1 Å². The molecule has 152 valence electrons. The summed E-state index contributed by atoms with van der Waals surface area (Å²) in [6, 6.07) is 13.3. The van der Waals surface area contributed by atoms with Crippen molar-refractivity contribution in [2.75, 3.05) is 18.7 Å². The van der Waals surface area contributed by atoms with Crippen molar-refractivity contribution in [3.8, 4) is 11.5 Å². The number of aromatic nitrogens is 1. The van der Waals surface area contributed by atoms with Crippen molar-refractivity contribution in [1.29, 1.82) is 0 Å². The molecule has 0 fully saturated rings. The second-order valence-corrected chi connectivity index (χ2v) is 8.04. The number of amides is 2. The Morgan fingerprint density at radius 1 is 1.10 bits per heavy atom. The van der Waals surface area contributed by atoms with Crippen LogP contribution in [0, 0.1) is 0 Å². The molecular formula is C22H19N3O4S. The molecule has 0 saturated heterocycles. The second-order valence-electron chi connectivity index (χ2n) is 7.18. The lowest BCUT2D eigenvalue weighted by molar-refractivity contribution is -0.131. The van der Waals surface area contributed by atoms with Crippen LogP contribution in [0.5, 0.6) is 11.5 Å². The van der Waals surface area contributed by atoms with Crippen LogP contribution in [0.2, 0.25) is 0 Å². The van der Waals surface area contributed by atoms with Crippen LogP contribution in [0.4, 0.5) is 5.13 Å². The fraction of sp³-hybridized carbons (Fsp3) is 0.227. The summed E-state index contributed by atoms with van der Waals surface area (Å²) in [5, 5.41) is 5.06. The highest BCUT2D eigenvalue weighted by Crippen LogP contribution is 2.32. The predicted octanol–water partition coefficient (Wildman–Crippen LogP) is 3.25. The van der Waals surface area contributed by atoms with Gasteiger partial charge in [0.1, 0.15) is 0 Å². The summed E-state index contributed by atoms with van der Waals surface area (Å²) in [4.78, 5) is 31.5. The SMILES string of the molecule is O=C(Nc1nc(CC(=O)N2CCc3ccccc3C2)cs1)c1ccc2c(c1)OCO2. The molecular weight excluding hydrogens is 402 g/mol. The number of benzene rings is 2. The Hall–Kier alpha value is -3.39. The molecule has 7 nitrogen and oxygen atoms in total. The summed E-state index contributed by atoms with van der Waals surface area (Å²) in [6.45, 7) is 1.51. The first-order chi connectivity index (χ1) is 14.7. The minimum absolute atomic E-state index is 0.0449. The quantitative estimate of drug-likeness (QED) is 0.700. The minimum atomic E-state index is -0.284. The molecule has 0 saturated carbocycles. The zero-order chi connectivity index (χ0) is 20.5. The highest BCUT2D eigenvalue weighted by molar-refractivity contribution is 7.14. The lowest BCUT2D eigenvalue weighted by Gasteiger charge is -2.28. The number of rotatable bonds is 4. The first-order valence-electron chi connectivity index (χ1n) is 9.66. The van der Waals surface area contributed by atoms with Crippen molar-refractivity contribution < 1.29 is 19.1 Å². The van der Waals surface area contributed by atoms with Crippen LogP contribution >= 0.6 is 11.3 Å². The number of ether oxygens (including phenoxy) is 2. The summed E-state index contributed by atoms with van der Waals surface area (Å²) in [7, 11) is 0. The van der Waals surface area contributed by atoms with Crippen LogP contribution in [0.25, 0.3) is 0 Å². The van der Waals surface area contributed by atoms with E-state index in [1.165, 1.54) is 22.5 Å². The van der Waals surface area contributed by atoms with E-state index < -0.39 is 0 Å². The Morgan fingerprint density at radius 3 is 2.83 bits per heavy atom. The van der Waals surface area contributed by atoms with E-state index in [1.807, 2.05) is 22.4 Å². The van der Waals surface area contributed by atoms with E-state index in [4.69, 9.17) is 9.47 Å². The van der Waals surface area contributed by atoms with Gasteiger partial charge in [-0.1, -0.05) is 24.3 Å². The molecule has 5 rings (SSSR count). The molecule has 0 bridgehead atoms. The van der Waals surface area contributed by atoms with Crippen LogP contribution in [0.1, 0.15) is 27.2 Å². The van der Waals surface area contributed by atoms with E-state index in [0.717, 1.165) is 6.42 Å².